The lowest BCUT2D eigenvalue weighted by Crippen LogP contribution is -1.89. The van der Waals surface area contributed by atoms with Crippen molar-refractivity contribution in [3.8, 4) is 6.07 Å². The first-order valence-corrected chi connectivity index (χ1v) is 6.75. The summed E-state index contributed by atoms with van der Waals surface area (Å²) in [6, 6.07) is 12.1. The van der Waals surface area contributed by atoms with Crippen LogP contribution in [0.5, 0.6) is 0 Å². The molecule has 0 aromatic heterocycles. The zero-order valence-electron chi connectivity index (χ0n) is 10.5. The summed E-state index contributed by atoms with van der Waals surface area (Å²) in [7, 11) is 0. The lowest BCUT2D eigenvalue weighted by atomic mass is 10.1. The van der Waals surface area contributed by atoms with E-state index < -0.39 is 0 Å². The number of rotatable bonds is 3. The van der Waals surface area contributed by atoms with Gasteiger partial charge in [-0.05, 0) is 48.4 Å². The first-order chi connectivity index (χ1) is 9.08. The molecule has 2 aromatic carbocycles. The number of anilines is 1. The molecule has 2 rings (SSSR count). The van der Waals surface area contributed by atoms with Gasteiger partial charge in [-0.3, -0.25) is 0 Å². The van der Waals surface area contributed by atoms with Crippen LogP contribution < -0.4 is 5.73 Å². The lowest BCUT2D eigenvalue weighted by molar-refractivity contribution is 0.626. The standard InChI is InChI=1S/C15H13FN2S/c1-10-2-3-14(18)7-15(10)19-9-12-4-11(8-17)5-13(16)6-12/h2-7H,9,18H2,1H3. The largest absolute Gasteiger partial charge is 0.399 e. The summed E-state index contributed by atoms with van der Waals surface area (Å²) in [4.78, 5) is 1.07. The van der Waals surface area contributed by atoms with E-state index in [9.17, 15) is 4.39 Å². The van der Waals surface area contributed by atoms with E-state index in [1.54, 1.807) is 17.8 Å². The summed E-state index contributed by atoms with van der Waals surface area (Å²) < 4.78 is 13.3. The van der Waals surface area contributed by atoms with Crippen molar-refractivity contribution < 1.29 is 4.39 Å². The van der Waals surface area contributed by atoms with Crippen LogP contribution in [0.3, 0.4) is 0 Å². The number of nitriles is 1. The first-order valence-electron chi connectivity index (χ1n) is 5.77. The van der Waals surface area contributed by atoms with Crippen molar-refractivity contribution in [3.05, 3.63) is 58.9 Å². The molecule has 2 aromatic rings. The minimum atomic E-state index is -0.376. The summed E-state index contributed by atoms with van der Waals surface area (Å²) in [6.45, 7) is 2.01. The van der Waals surface area contributed by atoms with Crippen LogP contribution in [0.2, 0.25) is 0 Å². The highest BCUT2D eigenvalue weighted by Crippen LogP contribution is 2.28. The second kappa shape index (κ2) is 5.77. The Hall–Kier alpha value is -1.99. The van der Waals surface area contributed by atoms with Crippen molar-refractivity contribution in [2.45, 2.75) is 17.6 Å². The van der Waals surface area contributed by atoms with Gasteiger partial charge in [-0.25, -0.2) is 4.39 Å². The van der Waals surface area contributed by atoms with Gasteiger partial charge in [0.05, 0.1) is 11.6 Å². The summed E-state index contributed by atoms with van der Waals surface area (Å²) >= 11 is 1.59. The molecular formula is C15H13FN2S. The van der Waals surface area contributed by atoms with Crippen molar-refractivity contribution in [2.75, 3.05) is 5.73 Å². The van der Waals surface area contributed by atoms with E-state index in [2.05, 4.69) is 0 Å². The van der Waals surface area contributed by atoms with Crippen molar-refractivity contribution in [1.29, 1.82) is 5.26 Å². The molecule has 0 aliphatic rings. The highest BCUT2D eigenvalue weighted by molar-refractivity contribution is 7.98. The molecule has 0 unspecified atom stereocenters. The molecule has 0 atom stereocenters. The Kier molecular flexibility index (Phi) is 4.08. The number of thioether (sulfide) groups is 1. The average molecular weight is 272 g/mol. The highest BCUT2D eigenvalue weighted by Gasteiger charge is 2.04. The number of hydrogen-bond donors (Lipinski definition) is 1. The third kappa shape index (κ3) is 3.49. The van der Waals surface area contributed by atoms with Gasteiger partial charge < -0.3 is 5.73 Å². The van der Waals surface area contributed by atoms with Gasteiger partial charge in [0, 0.05) is 16.3 Å². The second-order valence-electron chi connectivity index (χ2n) is 4.27. The van der Waals surface area contributed by atoms with Gasteiger partial charge in [-0.1, -0.05) is 6.07 Å². The summed E-state index contributed by atoms with van der Waals surface area (Å²) in [5.74, 6) is 0.232. The van der Waals surface area contributed by atoms with Crippen LogP contribution in [0, 0.1) is 24.1 Å². The predicted octanol–water partition coefficient (Wildman–Crippen LogP) is 3.88. The number of aryl methyl sites for hydroxylation is 1. The molecule has 2 N–H and O–H groups in total. The fourth-order valence-corrected chi connectivity index (χ4v) is 2.74. The Bertz CT molecular complexity index is 647. The van der Waals surface area contributed by atoms with Gasteiger partial charge in [0.1, 0.15) is 5.82 Å². The Morgan fingerprint density at radius 1 is 1.26 bits per heavy atom. The fraction of sp³-hybridized carbons (Fsp3) is 0.133. The number of nitrogens with zero attached hydrogens (tertiary/aromatic N) is 1. The molecule has 0 bridgehead atoms. The maximum Gasteiger partial charge on any atom is 0.124 e. The minimum absolute atomic E-state index is 0.347. The number of hydrogen-bond acceptors (Lipinski definition) is 3. The molecular weight excluding hydrogens is 259 g/mol. The molecule has 2 nitrogen and oxygen atoms in total. The predicted molar refractivity (Wildman–Crippen MR) is 76.3 cm³/mol. The van der Waals surface area contributed by atoms with E-state index >= 15 is 0 Å². The fourth-order valence-electron chi connectivity index (χ4n) is 1.73. The van der Waals surface area contributed by atoms with Crippen LogP contribution in [0.25, 0.3) is 0 Å². The van der Waals surface area contributed by atoms with Crippen molar-refractivity contribution in [1.82, 2.24) is 0 Å². The molecule has 0 aliphatic heterocycles. The molecule has 0 radical (unpaired) electrons. The summed E-state index contributed by atoms with van der Waals surface area (Å²) in [5.41, 5.74) is 8.74. The van der Waals surface area contributed by atoms with Crippen LogP contribution in [0.15, 0.2) is 41.3 Å². The van der Waals surface area contributed by atoms with Crippen LogP contribution in [0.4, 0.5) is 10.1 Å². The monoisotopic (exact) mass is 272 g/mol. The molecule has 0 aliphatic carbocycles. The van der Waals surface area contributed by atoms with E-state index in [0.717, 1.165) is 16.0 Å². The van der Waals surface area contributed by atoms with Gasteiger partial charge in [0.2, 0.25) is 0 Å². The van der Waals surface area contributed by atoms with Crippen LogP contribution in [-0.2, 0) is 5.75 Å². The second-order valence-corrected chi connectivity index (χ2v) is 5.29. The zero-order valence-corrected chi connectivity index (χ0v) is 11.3. The van der Waals surface area contributed by atoms with E-state index in [-0.39, 0.29) is 5.82 Å². The third-order valence-corrected chi connectivity index (χ3v) is 3.92. The smallest absolute Gasteiger partial charge is 0.124 e. The molecule has 4 heteroatoms. The topological polar surface area (TPSA) is 49.8 Å². The van der Waals surface area contributed by atoms with Crippen molar-refractivity contribution >= 4 is 17.4 Å². The molecule has 0 spiro atoms. The molecule has 0 heterocycles. The van der Waals surface area contributed by atoms with Crippen LogP contribution in [-0.4, -0.2) is 0 Å². The van der Waals surface area contributed by atoms with E-state index in [0.29, 0.717) is 17.0 Å². The van der Waals surface area contributed by atoms with E-state index in [4.69, 9.17) is 11.0 Å². The molecule has 19 heavy (non-hydrogen) atoms. The van der Waals surface area contributed by atoms with Crippen molar-refractivity contribution in [3.63, 3.8) is 0 Å². The van der Waals surface area contributed by atoms with Gasteiger partial charge in [-0.15, -0.1) is 11.8 Å². The molecule has 0 saturated carbocycles. The normalized spacial score (nSPS) is 10.2. The zero-order chi connectivity index (χ0) is 13.8. The summed E-state index contributed by atoms with van der Waals surface area (Å²) in [6.07, 6.45) is 0. The summed E-state index contributed by atoms with van der Waals surface area (Å²) in [5, 5.41) is 8.81. The number of nitrogen functional groups attached to an aromatic ring is 1. The highest BCUT2D eigenvalue weighted by atomic mass is 32.2. The van der Waals surface area contributed by atoms with Crippen LogP contribution in [0.1, 0.15) is 16.7 Å². The Morgan fingerprint density at radius 2 is 2.05 bits per heavy atom. The molecule has 0 amide bonds. The van der Waals surface area contributed by atoms with Gasteiger partial charge in [0.25, 0.3) is 0 Å². The van der Waals surface area contributed by atoms with Gasteiger partial charge in [-0.2, -0.15) is 5.26 Å². The quantitative estimate of drug-likeness (QED) is 0.681. The van der Waals surface area contributed by atoms with Crippen LogP contribution >= 0.6 is 11.8 Å². The first kappa shape index (κ1) is 13.4. The van der Waals surface area contributed by atoms with E-state index in [1.165, 1.54) is 12.1 Å². The SMILES string of the molecule is Cc1ccc(N)cc1SCc1cc(F)cc(C#N)c1. The van der Waals surface area contributed by atoms with Gasteiger partial charge in [0.15, 0.2) is 0 Å². The molecule has 0 saturated heterocycles. The third-order valence-electron chi connectivity index (χ3n) is 2.69. The Balaban J connectivity index is 2.17. The minimum Gasteiger partial charge on any atom is -0.399 e. The lowest BCUT2D eigenvalue weighted by Gasteiger charge is -2.07. The van der Waals surface area contributed by atoms with E-state index in [1.807, 2.05) is 31.2 Å². The Morgan fingerprint density at radius 3 is 2.79 bits per heavy atom. The number of benzene rings is 2. The Labute approximate surface area is 116 Å². The number of nitrogens with two attached hydrogens (primary N) is 1. The molecule has 96 valence electrons. The maximum absolute atomic E-state index is 13.3. The van der Waals surface area contributed by atoms with Crippen molar-refractivity contribution in [2.24, 2.45) is 0 Å². The average Bonchev–Trinajstić information content (AvgIpc) is 2.39. The number of halogens is 1. The molecule has 0 fully saturated rings. The maximum atomic E-state index is 13.3. The van der Waals surface area contributed by atoms with Gasteiger partial charge >= 0.3 is 0 Å².